The van der Waals surface area contributed by atoms with Crippen LogP contribution in [0.1, 0.15) is 33.1 Å². The van der Waals surface area contributed by atoms with Crippen molar-refractivity contribution in [2.45, 2.75) is 45.2 Å². The summed E-state index contributed by atoms with van der Waals surface area (Å²) in [5.41, 5.74) is 0. The maximum absolute atomic E-state index is 12.6. The summed E-state index contributed by atoms with van der Waals surface area (Å²) in [7, 11) is 0. The second-order valence-electron chi connectivity index (χ2n) is 5.49. The zero-order chi connectivity index (χ0) is 11.5. The lowest BCUT2D eigenvalue weighted by molar-refractivity contribution is 0.0896. The van der Waals surface area contributed by atoms with E-state index in [1.807, 2.05) is 0 Å². The van der Waals surface area contributed by atoms with E-state index in [0.29, 0.717) is 24.5 Å². The van der Waals surface area contributed by atoms with E-state index in [0.717, 1.165) is 19.0 Å². The number of alkyl halides is 1. The third-order valence-corrected chi connectivity index (χ3v) is 4.36. The molecule has 3 atom stereocenters. The molecule has 94 valence electrons. The van der Waals surface area contributed by atoms with Crippen LogP contribution in [0.2, 0.25) is 0 Å². The van der Waals surface area contributed by atoms with Crippen molar-refractivity contribution < 1.29 is 4.39 Å². The Labute approximate surface area is 98.6 Å². The highest BCUT2D eigenvalue weighted by molar-refractivity contribution is 4.95. The summed E-state index contributed by atoms with van der Waals surface area (Å²) in [5, 5.41) is 3.67. The summed E-state index contributed by atoms with van der Waals surface area (Å²) >= 11 is 0. The van der Waals surface area contributed by atoms with E-state index in [1.165, 1.54) is 19.3 Å². The van der Waals surface area contributed by atoms with Crippen molar-refractivity contribution in [3.8, 4) is 0 Å². The van der Waals surface area contributed by atoms with Gasteiger partial charge in [-0.3, -0.25) is 4.90 Å². The van der Waals surface area contributed by atoms with Gasteiger partial charge in [0.15, 0.2) is 0 Å². The Morgan fingerprint density at radius 1 is 1.44 bits per heavy atom. The van der Waals surface area contributed by atoms with Gasteiger partial charge in [-0.05, 0) is 24.7 Å². The Morgan fingerprint density at radius 2 is 2.19 bits per heavy atom. The fourth-order valence-electron chi connectivity index (χ4n) is 2.83. The zero-order valence-electron chi connectivity index (χ0n) is 10.6. The largest absolute Gasteiger partial charge is 0.311 e. The molecule has 3 unspecified atom stereocenters. The van der Waals surface area contributed by atoms with Crippen LogP contribution in [0.5, 0.6) is 0 Å². The molecule has 1 saturated carbocycles. The molecule has 0 amide bonds. The van der Waals surface area contributed by atoms with E-state index in [4.69, 9.17) is 0 Å². The average molecular weight is 228 g/mol. The summed E-state index contributed by atoms with van der Waals surface area (Å²) < 4.78 is 12.6. The Bertz CT molecular complexity index is 218. The highest BCUT2D eigenvalue weighted by Crippen LogP contribution is 2.36. The molecule has 2 fully saturated rings. The molecule has 0 radical (unpaired) electrons. The van der Waals surface area contributed by atoms with Gasteiger partial charge in [-0.2, -0.15) is 0 Å². The summed E-state index contributed by atoms with van der Waals surface area (Å²) in [6, 6.07) is 1.17. The third-order valence-electron chi connectivity index (χ3n) is 4.36. The Morgan fingerprint density at radius 3 is 2.75 bits per heavy atom. The van der Waals surface area contributed by atoms with Crippen LogP contribution in [0.15, 0.2) is 0 Å². The molecule has 3 heteroatoms. The lowest BCUT2D eigenvalue weighted by Crippen LogP contribution is -2.59. The van der Waals surface area contributed by atoms with Crippen LogP contribution in [-0.4, -0.2) is 43.3 Å². The molecule has 0 spiro atoms. The van der Waals surface area contributed by atoms with Crippen molar-refractivity contribution in [2.75, 3.05) is 26.3 Å². The van der Waals surface area contributed by atoms with Gasteiger partial charge >= 0.3 is 0 Å². The second-order valence-corrected chi connectivity index (χ2v) is 5.49. The number of hydrogen-bond acceptors (Lipinski definition) is 2. The summed E-state index contributed by atoms with van der Waals surface area (Å²) in [4.78, 5) is 2.39. The predicted octanol–water partition coefficient (Wildman–Crippen LogP) is 2.05. The lowest BCUT2D eigenvalue weighted by Gasteiger charge is -2.42. The van der Waals surface area contributed by atoms with Crippen molar-refractivity contribution in [3.05, 3.63) is 0 Å². The van der Waals surface area contributed by atoms with E-state index in [-0.39, 0.29) is 6.67 Å². The van der Waals surface area contributed by atoms with Crippen LogP contribution in [0, 0.1) is 11.8 Å². The number of nitrogens with zero attached hydrogens (tertiary/aromatic N) is 1. The smallest absolute Gasteiger partial charge is 0.102 e. The molecule has 2 nitrogen and oxygen atoms in total. The first-order valence-electron chi connectivity index (χ1n) is 6.79. The topological polar surface area (TPSA) is 15.3 Å². The van der Waals surface area contributed by atoms with Crippen LogP contribution in [0.25, 0.3) is 0 Å². The summed E-state index contributed by atoms with van der Waals surface area (Å²) in [5.74, 6) is 1.54. The van der Waals surface area contributed by atoms with Crippen LogP contribution >= 0.6 is 0 Å². The van der Waals surface area contributed by atoms with Gasteiger partial charge in [0.1, 0.15) is 6.67 Å². The second kappa shape index (κ2) is 5.46. The van der Waals surface area contributed by atoms with Crippen molar-refractivity contribution in [1.82, 2.24) is 10.2 Å². The standard InChI is InChI=1S/C13H25FN2/c1-3-10(2)12-9-16(7-6-14)13(8-15-12)11-4-5-11/h10-13,15H,3-9H2,1-2H3. The van der Waals surface area contributed by atoms with Crippen molar-refractivity contribution in [1.29, 1.82) is 0 Å². The molecule has 2 rings (SSSR count). The van der Waals surface area contributed by atoms with Gasteiger partial charge in [-0.25, -0.2) is 4.39 Å². The molecular formula is C13H25FN2. The molecule has 1 aliphatic heterocycles. The third kappa shape index (κ3) is 2.75. The monoisotopic (exact) mass is 228 g/mol. The molecule has 0 aromatic rings. The van der Waals surface area contributed by atoms with Gasteiger partial charge in [0.05, 0.1) is 0 Å². The normalized spacial score (nSPS) is 33.9. The number of piperazine rings is 1. The SMILES string of the molecule is CCC(C)C1CN(CCF)C(C2CC2)CN1. The lowest BCUT2D eigenvalue weighted by atomic mass is 9.94. The summed E-state index contributed by atoms with van der Waals surface area (Å²) in [6.45, 7) is 7.08. The van der Waals surface area contributed by atoms with Gasteiger partial charge in [0.25, 0.3) is 0 Å². The zero-order valence-corrected chi connectivity index (χ0v) is 10.6. The minimum absolute atomic E-state index is 0.198. The molecule has 16 heavy (non-hydrogen) atoms. The van der Waals surface area contributed by atoms with Crippen LogP contribution < -0.4 is 5.32 Å². The predicted molar refractivity (Wildman–Crippen MR) is 65.3 cm³/mol. The number of halogens is 1. The molecule has 1 aliphatic carbocycles. The maximum atomic E-state index is 12.6. The minimum atomic E-state index is -0.198. The first-order valence-corrected chi connectivity index (χ1v) is 6.79. The van der Waals surface area contributed by atoms with Crippen LogP contribution in [0.4, 0.5) is 4.39 Å². The Balaban J connectivity index is 1.91. The van der Waals surface area contributed by atoms with Crippen molar-refractivity contribution in [3.63, 3.8) is 0 Å². The van der Waals surface area contributed by atoms with Gasteiger partial charge in [0.2, 0.25) is 0 Å². The van der Waals surface area contributed by atoms with Crippen molar-refractivity contribution >= 4 is 0 Å². The number of nitrogens with one attached hydrogen (secondary N) is 1. The van der Waals surface area contributed by atoms with E-state index in [2.05, 4.69) is 24.1 Å². The van der Waals surface area contributed by atoms with Crippen LogP contribution in [-0.2, 0) is 0 Å². The summed E-state index contributed by atoms with van der Waals surface area (Å²) in [6.07, 6.45) is 3.90. The van der Waals surface area contributed by atoms with Gasteiger partial charge in [-0.15, -0.1) is 0 Å². The van der Waals surface area contributed by atoms with E-state index in [9.17, 15) is 4.39 Å². The molecule has 1 heterocycles. The fraction of sp³-hybridized carbons (Fsp3) is 1.00. The Hall–Kier alpha value is -0.150. The average Bonchev–Trinajstić information content (AvgIpc) is 3.12. The van der Waals surface area contributed by atoms with Gasteiger partial charge < -0.3 is 5.32 Å². The van der Waals surface area contributed by atoms with E-state index in [1.54, 1.807) is 0 Å². The Kier molecular flexibility index (Phi) is 4.20. The molecule has 2 aliphatic rings. The first-order chi connectivity index (χ1) is 7.76. The molecule has 0 aromatic carbocycles. The molecule has 0 aromatic heterocycles. The highest BCUT2D eigenvalue weighted by atomic mass is 19.1. The number of rotatable bonds is 5. The molecule has 1 saturated heterocycles. The molecule has 0 bridgehead atoms. The van der Waals surface area contributed by atoms with E-state index < -0.39 is 0 Å². The molecule has 1 N–H and O–H groups in total. The van der Waals surface area contributed by atoms with Crippen LogP contribution in [0.3, 0.4) is 0 Å². The maximum Gasteiger partial charge on any atom is 0.102 e. The van der Waals surface area contributed by atoms with Gasteiger partial charge in [-0.1, -0.05) is 20.3 Å². The van der Waals surface area contributed by atoms with Gasteiger partial charge in [0, 0.05) is 31.7 Å². The first kappa shape index (κ1) is 12.3. The number of hydrogen-bond donors (Lipinski definition) is 1. The minimum Gasteiger partial charge on any atom is -0.311 e. The van der Waals surface area contributed by atoms with E-state index >= 15 is 0 Å². The quantitative estimate of drug-likeness (QED) is 0.775. The highest BCUT2D eigenvalue weighted by Gasteiger charge is 2.39. The van der Waals surface area contributed by atoms with Crippen molar-refractivity contribution in [2.24, 2.45) is 11.8 Å². The fourth-order valence-corrected chi connectivity index (χ4v) is 2.83. The molecular weight excluding hydrogens is 203 g/mol.